The van der Waals surface area contributed by atoms with Gasteiger partial charge >= 0.3 is 0 Å². The minimum absolute atomic E-state index is 0.146. The Morgan fingerprint density at radius 1 is 0.409 bits per heavy atom. The largest absolute Gasteiger partial charge is 0.507 e. The van der Waals surface area contributed by atoms with Crippen LogP contribution in [0.5, 0.6) is 5.75 Å². The molecular formula is C39H25N3O2. The number of benzene rings is 6. The molecule has 0 fully saturated rings. The molecule has 0 aliphatic carbocycles. The van der Waals surface area contributed by atoms with Gasteiger partial charge in [-0.3, -0.25) is 0 Å². The van der Waals surface area contributed by atoms with Crippen molar-refractivity contribution in [2.45, 2.75) is 0 Å². The highest BCUT2D eigenvalue weighted by atomic mass is 16.3. The zero-order chi connectivity index (χ0) is 29.5. The summed E-state index contributed by atoms with van der Waals surface area (Å²) in [6, 6.07) is 47.6. The maximum atomic E-state index is 11.4. The van der Waals surface area contributed by atoms with Crippen LogP contribution in [-0.2, 0) is 0 Å². The number of phenols is 1. The summed E-state index contributed by atoms with van der Waals surface area (Å²) in [5.74, 6) is 1.73. The molecule has 8 rings (SSSR count). The molecule has 0 saturated carbocycles. The number of para-hydroxylation sites is 1. The molecule has 44 heavy (non-hydrogen) atoms. The number of hydrogen-bond acceptors (Lipinski definition) is 5. The average molecular weight is 568 g/mol. The van der Waals surface area contributed by atoms with Crippen LogP contribution in [0.1, 0.15) is 0 Å². The molecule has 0 bridgehead atoms. The normalized spacial score (nSPS) is 11.3. The minimum Gasteiger partial charge on any atom is -0.507 e. The molecule has 2 heterocycles. The van der Waals surface area contributed by atoms with Crippen molar-refractivity contribution in [3.8, 4) is 62.2 Å². The molecule has 0 atom stereocenters. The van der Waals surface area contributed by atoms with Crippen LogP contribution in [-0.4, -0.2) is 20.1 Å². The van der Waals surface area contributed by atoms with Crippen molar-refractivity contribution in [2.24, 2.45) is 0 Å². The summed E-state index contributed by atoms with van der Waals surface area (Å²) in [6.07, 6.45) is 0. The molecule has 0 unspecified atom stereocenters. The summed E-state index contributed by atoms with van der Waals surface area (Å²) in [4.78, 5) is 15.0. The Kier molecular flexibility index (Phi) is 6.20. The van der Waals surface area contributed by atoms with Crippen molar-refractivity contribution in [2.75, 3.05) is 0 Å². The molecule has 0 aliphatic heterocycles. The quantitative estimate of drug-likeness (QED) is 0.224. The van der Waals surface area contributed by atoms with E-state index in [4.69, 9.17) is 19.4 Å². The highest BCUT2D eigenvalue weighted by Gasteiger charge is 2.23. The number of hydrogen-bond donors (Lipinski definition) is 1. The van der Waals surface area contributed by atoms with Gasteiger partial charge in [-0.05, 0) is 47.0 Å². The van der Waals surface area contributed by atoms with Gasteiger partial charge in [0, 0.05) is 33.0 Å². The molecule has 1 N–H and O–H groups in total. The molecule has 0 spiro atoms. The van der Waals surface area contributed by atoms with E-state index in [2.05, 4.69) is 12.1 Å². The van der Waals surface area contributed by atoms with Crippen molar-refractivity contribution in [1.82, 2.24) is 15.0 Å². The Bertz CT molecular complexity index is 2220. The van der Waals surface area contributed by atoms with Crippen molar-refractivity contribution in [3.05, 3.63) is 146 Å². The van der Waals surface area contributed by atoms with Crippen LogP contribution < -0.4 is 0 Å². The highest BCUT2D eigenvalue weighted by Crippen LogP contribution is 2.45. The number of nitrogens with zero attached hydrogens (tertiary/aromatic N) is 3. The van der Waals surface area contributed by atoms with E-state index in [0.29, 0.717) is 23.0 Å². The first-order chi connectivity index (χ1) is 21.7. The van der Waals surface area contributed by atoms with Crippen LogP contribution in [0.3, 0.4) is 0 Å². The lowest BCUT2D eigenvalue weighted by atomic mass is 9.90. The lowest BCUT2D eigenvalue weighted by molar-refractivity contribution is 0.477. The maximum absolute atomic E-state index is 11.4. The van der Waals surface area contributed by atoms with Gasteiger partial charge in [0.15, 0.2) is 17.5 Å². The van der Waals surface area contributed by atoms with E-state index in [-0.39, 0.29) is 5.75 Å². The fraction of sp³-hybridized carbons (Fsp3) is 0. The Morgan fingerprint density at radius 3 is 1.61 bits per heavy atom. The lowest BCUT2D eigenvalue weighted by Gasteiger charge is -2.18. The van der Waals surface area contributed by atoms with E-state index in [9.17, 15) is 5.11 Å². The van der Waals surface area contributed by atoms with E-state index in [0.717, 1.165) is 55.3 Å². The summed E-state index contributed by atoms with van der Waals surface area (Å²) < 4.78 is 6.13. The molecule has 5 heteroatoms. The number of aromatic nitrogens is 3. The van der Waals surface area contributed by atoms with Gasteiger partial charge in [0.1, 0.15) is 16.9 Å². The summed E-state index contributed by atoms with van der Waals surface area (Å²) in [6.45, 7) is 0. The molecule has 8 aromatic rings. The van der Waals surface area contributed by atoms with Gasteiger partial charge < -0.3 is 9.52 Å². The third-order valence-corrected chi connectivity index (χ3v) is 7.86. The molecule has 0 amide bonds. The summed E-state index contributed by atoms with van der Waals surface area (Å²) >= 11 is 0. The minimum atomic E-state index is 0.146. The molecule has 6 aromatic carbocycles. The first-order valence-corrected chi connectivity index (χ1v) is 14.4. The third-order valence-electron chi connectivity index (χ3n) is 7.86. The number of fused-ring (bicyclic) bond motifs is 3. The molecule has 208 valence electrons. The van der Waals surface area contributed by atoms with Gasteiger partial charge in [-0.15, -0.1) is 0 Å². The molecule has 0 aliphatic rings. The first-order valence-electron chi connectivity index (χ1n) is 14.4. The van der Waals surface area contributed by atoms with Crippen LogP contribution in [0.25, 0.3) is 78.4 Å². The zero-order valence-corrected chi connectivity index (χ0v) is 23.6. The Balaban J connectivity index is 1.45. The molecule has 2 aromatic heterocycles. The van der Waals surface area contributed by atoms with Crippen LogP contribution >= 0.6 is 0 Å². The Morgan fingerprint density at radius 2 is 0.955 bits per heavy atom. The third kappa shape index (κ3) is 4.48. The SMILES string of the molecule is Oc1ccc(-c2ccc3oc4ccccc4c3c2)c(-c2nc(-c3ccccc3)nc(-c3ccccc3)n2)c1-c1ccccc1. The van der Waals surface area contributed by atoms with Crippen molar-refractivity contribution >= 4 is 21.9 Å². The summed E-state index contributed by atoms with van der Waals surface area (Å²) in [7, 11) is 0. The van der Waals surface area contributed by atoms with Crippen LogP contribution in [0.15, 0.2) is 150 Å². The van der Waals surface area contributed by atoms with Gasteiger partial charge in [-0.1, -0.05) is 115 Å². The number of aromatic hydroxyl groups is 1. The molecular weight excluding hydrogens is 542 g/mol. The second-order valence-corrected chi connectivity index (χ2v) is 10.6. The van der Waals surface area contributed by atoms with Gasteiger partial charge in [0.2, 0.25) is 0 Å². The Hall–Kier alpha value is -6.07. The fourth-order valence-corrected chi connectivity index (χ4v) is 5.78. The molecule has 0 saturated heterocycles. The first kappa shape index (κ1) is 25.6. The van der Waals surface area contributed by atoms with Gasteiger partial charge in [0.05, 0.1) is 0 Å². The highest BCUT2D eigenvalue weighted by molar-refractivity contribution is 6.07. The number of phenolic OH excluding ortho intramolecular Hbond substituents is 1. The fourth-order valence-electron chi connectivity index (χ4n) is 5.78. The smallest absolute Gasteiger partial charge is 0.165 e. The monoisotopic (exact) mass is 567 g/mol. The van der Waals surface area contributed by atoms with Crippen LogP contribution in [0, 0.1) is 0 Å². The Labute approximate surface area is 253 Å². The van der Waals surface area contributed by atoms with Gasteiger partial charge in [-0.25, -0.2) is 15.0 Å². The van der Waals surface area contributed by atoms with Crippen molar-refractivity contribution in [3.63, 3.8) is 0 Å². The second-order valence-electron chi connectivity index (χ2n) is 10.6. The molecule has 0 radical (unpaired) electrons. The van der Waals surface area contributed by atoms with E-state index in [1.54, 1.807) is 6.07 Å². The zero-order valence-electron chi connectivity index (χ0n) is 23.6. The summed E-state index contributed by atoms with van der Waals surface area (Å²) in [5, 5.41) is 13.5. The van der Waals surface area contributed by atoms with E-state index < -0.39 is 0 Å². The van der Waals surface area contributed by atoms with E-state index in [1.807, 2.05) is 127 Å². The topological polar surface area (TPSA) is 72.0 Å². The van der Waals surface area contributed by atoms with Crippen molar-refractivity contribution in [1.29, 1.82) is 0 Å². The lowest BCUT2D eigenvalue weighted by Crippen LogP contribution is -2.02. The van der Waals surface area contributed by atoms with Gasteiger partial charge in [-0.2, -0.15) is 0 Å². The standard InChI is InChI=1S/C39H25N3O2/c43-32-22-21-29(28-20-23-34-31(24-28)30-18-10-11-19-33(30)44-34)36(35(32)25-12-4-1-5-13-25)39-41-37(26-14-6-2-7-15-26)40-38(42-39)27-16-8-3-9-17-27/h1-24,43H. The number of furan rings is 1. The van der Waals surface area contributed by atoms with Crippen LogP contribution in [0.2, 0.25) is 0 Å². The van der Waals surface area contributed by atoms with Crippen molar-refractivity contribution < 1.29 is 9.52 Å². The van der Waals surface area contributed by atoms with Gasteiger partial charge in [0.25, 0.3) is 0 Å². The van der Waals surface area contributed by atoms with E-state index >= 15 is 0 Å². The van der Waals surface area contributed by atoms with E-state index in [1.165, 1.54) is 0 Å². The summed E-state index contributed by atoms with van der Waals surface area (Å²) in [5.41, 5.74) is 7.50. The predicted octanol–water partition coefficient (Wildman–Crippen LogP) is 9.81. The predicted molar refractivity (Wildman–Crippen MR) is 176 cm³/mol. The average Bonchev–Trinajstić information content (AvgIpc) is 3.47. The maximum Gasteiger partial charge on any atom is 0.165 e. The second kappa shape index (κ2) is 10.6. The van der Waals surface area contributed by atoms with Crippen LogP contribution in [0.4, 0.5) is 0 Å². The molecule has 5 nitrogen and oxygen atoms in total. The number of rotatable bonds is 5.